The molecule has 2 heterocycles. The summed E-state index contributed by atoms with van der Waals surface area (Å²) in [6.07, 6.45) is 3.81. The van der Waals surface area contributed by atoms with Crippen LogP contribution in [0, 0.1) is 6.92 Å². The van der Waals surface area contributed by atoms with E-state index in [1.807, 2.05) is 23.7 Å². The Labute approximate surface area is 102 Å². The van der Waals surface area contributed by atoms with E-state index in [-0.39, 0.29) is 6.10 Å². The molecule has 0 saturated heterocycles. The first-order valence-corrected chi connectivity index (χ1v) is 5.85. The Balaban J connectivity index is 2.14. The van der Waals surface area contributed by atoms with Crippen molar-refractivity contribution in [3.05, 3.63) is 35.8 Å². The van der Waals surface area contributed by atoms with E-state index in [4.69, 9.17) is 0 Å². The fourth-order valence-electron chi connectivity index (χ4n) is 2.02. The molecule has 2 aromatic heterocycles. The van der Waals surface area contributed by atoms with E-state index in [1.54, 1.807) is 6.92 Å². The molecule has 1 unspecified atom stereocenters. The van der Waals surface area contributed by atoms with Crippen molar-refractivity contribution in [3.63, 3.8) is 0 Å². The molecule has 0 spiro atoms. The third-order valence-electron chi connectivity index (χ3n) is 2.66. The molecule has 17 heavy (non-hydrogen) atoms. The molecule has 92 valence electrons. The molecular formula is C13H19N3O. The van der Waals surface area contributed by atoms with Gasteiger partial charge in [0, 0.05) is 25.5 Å². The lowest BCUT2D eigenvalue weighted by Crippen LogP contribution is -2.26. The van der Waals surface area contributed by atoms with Gasteiger partial charge in [0.15, 0.2) is 0 Å². The molecule has 0 radical (unpaired) electrons. The van der Waals surface area contributed by atoms with Crippen LogP contribution in [0.2, 0.25) is 0 Å². The molecule has 0 fully saturated rings. The van der Waals surface area contributed by atoms with Crippen LogP contribution in [0.3, 0.4) is 0 Å². The van der Waals surface area contributed by atoms with E-state index in [1.165, 1.54) is 5.56 Å². The average molecular weight is 233 g/mol. The fraction of sp³-hybridized carbons (Fsp3) is 0.462. The summed E-state index contributed by atoms with van der Waals surface area (Å²) < 4.78 is 2.04. The second-order valence-corrected chi connectivity index (χ2v) is 4.75. The average Bonchev–Trinajstić information content (AvgIpc) is 2.57. The van der Waals surface area contributed by atoms with E-state index in [9.17, 15) is 5.11 Å². The number of fused-ring (bicyclic) bond motifs is 1. The minimum atomic E-state index is -0.306. The molecule has 4 heteroatoms. The van der Waals surface area contributed by atoms with E-state index in [0.717, 1.165) is 17.9 Å². The minimum Gasteiger partial charge on any atom is -0.392 e. The molecule has 0 aliphatic carbocycles. The molecule has 0 aliphatic rings. The predicted molar refractivity (Wildman–Crippen MR) is 67.9 cm³/mol. The van der Waals surface area contributed by atoms with Gasteiger partial charge >= 0.3 is 0 Å². The number of aromatic nitrogens is 2. The van der Waals surface area contributed by atoms with Crippen molar-refractivity contribution in [2.75, 3.05) is 13.6 Å². The van der Waals surface area contributed by atoms with E-state index >= 15 is 0 Å². The van der Waals surface area contributed by atoms with Crippen LogP contribution in [0.5, 0.6) is 0 Å². The van der Waals surface area contributed by atoms with Crippen LogP contribution in [0.4, 0.5) is 0 Å². The molecule has 1 N–H and O–H groups in total. The maximum atomic E-state index is 9.31. The van der Waals surface area contributed by atoms with E-state index in [0.29, 0.717) is 6.54 Å². The standard InChI is InChI=1S/C13H19N3O/c1-10-4-5-13-14-12(9-16(13)6-10)8-15(3)7-11(2)17/h4-6,9,11,17H,7-8H2,1-3H3. The van der Waals surface area contributed by atoms with Gasteiger partial charge in [0.2, 0.25) is 0 Å². The number of imidazole rings is 1. The zero-order valence-electron chi connectivity index (χ0n) is 10.6. The largest absolute Gasteiger partial charge is 0.392 e. The number of hydrogen-bond acceptors (Lipinski definition) is 3. The first kappa shape index (κ1) is 12.1. The molecule has 4 nitrogen and oxygen atoms in total. The molecule has 0 bridgehead atoms. The van der Waals surface area contributed by atoms with Gasteiger partial charge < -0.3 is 9.51 Å². The highest BCUT2D eigenvalue weighted by Crippen LogP contribution is 2.08. The van der Waals surface area contributed by atoms with Gasteiger partial charge in [0.25, 0.3) is 0 Å². The van der Waals surface area contributed by atoms with Crippen LogP contribution in [0.15, 0.2) is 24.5 Å². The van der Waals surface area contributed by atoms with Gasteiger partial charge in [-0.1, -0.05) is 6.07 Å². The lowest BCUT2D eigenvalue weighted by molar-refractivity contribution is 0.138. The first-order chi connectivity index (χ1) is 8.04. The third kappa shape index (κ3) is 3.05. The molecule has 0 saturated carbocycles. The molecule has 0 aromatic carbocycles. The number of aryl methyl sites for hydroxylation is 1. The molecular weight excluding hydrogens is 214 g/mol. The Morgan fingerprint density at radius 1 is 1.41 bits per heavy atom. The molecule has 1 atom stereocenters. The second-order valence-electron chi connectivity index (χ2n) is 4.75. The van der Waals surface area contributed by atoms with Crippen LogP contribution < -0.4 is 0 Å². The third-order valence-corrected chi connectivity index (χ3v) is 2.66. The quantitative estimate of drug-likeness (QED) is 0.869. The van der Waals surface area contributed by atoms with Gasteiger partial charge in [-0.15, -0.1) is 0 Å². The van der Waals surface area contributed by atoms with Crippen molar-refractivity contribution in [2.24, 2.45) is 0 Å². The summed E-state index contributed by atoms with van der Waals surface area (Å²) in [6, 6.07) is 4.08. The lowest BCUT2D eigenvalue weighted by atomic mass is 10.3. The van der Waals surface area contributed by atoms with Gasteiger partial charge in [-0.25, -0.2) is 4.98 Å². The monoisotopic (exact) mass is 233 g/mol. The summed E-state index contributed by atoms with van der Waals surface area (Å²) in [6.45, 7) is 5.28. The van der Waals surface area contributed by atoms with Gasteiger partial charge in [-0.2, -0.15) is 0 Å². The zero-order valence-corrected chi connectivity index (χ0v) is 10.6. The number of aliphatic hydroxyl groups excluding tert-OH is 1. The van der Waals surface area contributed by atoms with Crippen LogP contribution in [-0.2, 0) is 6.54 Å². The lowest BCUT2D eigenvalue weighted by Gasteiger charge is -2.16. The van der Waals surface area contributed by atoms with Gasteiger partial charge in [-0.3, -0.25) is 4.90 Å². The summed E-state index contributed by atoms with van der Waals surface area (Å²) in [5.74, 6) is 0. The van der Waals surface area contributed by atoms with Crippen molar-refractivity contribution < 1.29 is 5.11 Å². The van der Waals surface area contributed by atoms with Crippen LogP contribution >= 0.6 is 0 Å². The highest BCUT2D eigenvalue weighted by molar-refractivity contribution is 5.41. The highest BCUT2D eigenvalue weighted by Gasteiger charge is 2.07. The molecule has 2 rings (SSSR count). The Morgan fingerprint density at radius 2 is 2.18 bits per heavy atom. The number of nitrogens with zero attached hydrogens (tertiary/aromatic N) is 3. The van der Waals surface area contributed by atoms with Gasteiger partial charge in [0.05, 0.1) is 11.8 Å². The van der Waals surface area contributed by atoms with E-state index < -0.39 is 0 Å². The number of likely N-dealkylation sites (N-methyl/N-ethyl adjacent to an activating group) is 1. The summed E-state index contributed by atoms with van der Waals surface area (Å²) in [4.78, 5) is 6.61. The number of hydrogen-bond donors (Lipinski definition) is 1. The van der Waals surface area contributed by atoms with Crippen molar-refractivity contribution in [3.8, 4) is 0 Å². The number of rotatable bonds is 4. The smallest absolute Gasteiger partial charge is 0.137 e. The van der Waals surface area contributed by atoms with Crippen molar-refractivity contribution in [1.82, 2.24) is 14.3 Å². The van der Waals surface area contributed by atoms with Crippen molar-refractivity contribution >= 4 is 5.65 Å². The number of pyridine rings is 1. The van der Waals surface area contributed by atoms with Gasteiger partial charge in [-0.05, 0) is 32.5 Å². The van der Waals surface area contributed by atoms with Gasteiger partial charge in [0.1, 0.15) is 5.65 Å². The maximum Gasteiger partial charge on any atom is 0.137 e. The highest BCUT2D eigenvalue weighted by atomic mass is 16.3. The Bertz CT molecular complexity index is 504. The summed E-state index contributed by atoms with van der Waals surface area (Å²) >= 11 is 0. The minimum absolute atomic E-state index is 0.306. The van der Waals surface area contributed by atoms with Crippen molar-refractivity contribution in [1.29, 1.82) is 0 Å². The van der Waals surface area contributed by atoms with E-state index in [2.05, 4.69) is 29.1 Å². The van der Waals surface area contributed by atoms with Crippen LogP contribution in [0.1, 0.15) is 18.2 Å². The number of aliphatic hydroxyl groups is 1. The topological polar surface area (TPSA) is 40.8 Å². The molecule has 0 amide bonds. The SMILES string of the molecule is Cc1ccc2nc(CN(C)CC(C)O)cn2c1. The van der Waals surface area contributed by atoms with Crippen LogP contribution in [-0.4, -0.2) is 39.1 Å². The predicted octanol–water partition coefficient (Wildman–Crippen LogP) is 1.46. The first-order valence-electron chi connectivity index (χ1n) is 5.85. The summed E-state index contributed by atoms with van der Waals surface area (Å²) in [5, 5.41) is 9.31. The Hall–Kier alpha value is -1.39. The van der Waals surface area contributed by atoms with Crippen molar-refractivity contribution in [2.45, 2.75) is 26.5 Å². The molecule has 0 aliphatic heterocycles. The Kier molecular flexibility index (Phi) is 3.45. The molecule has 2 aromatic rings. The maximum absolute atomic E-state index is 9.31. The zero-order chi connectivity index (χ0) is 12.4. The fourth-order valence-corrected chi connectivity index (χ4v) is 2.02. The summed E-state index contributed by atoms with van der Waals surface area (Å²) in [7, 11) is 1.99. The Morgan fingerprint density at radius 3 is 2.88 bits per heavy atom. The van der Waals surface area contributed by atoms with Crippen LogP contribution in [0.25, 0.3) is 5.65 Å². The normalized spacial score (nSPS) is 13.5. The summed E-state index contributed by atoms with van der Waals surface area (Å²) in [5.41, 5.74) is 3.22. The second kappa shape index (κ2) is 4.85.